The molecule has 1 aromatic heterocycles. The minimum Gasteiger partial charge on any atom is -0.422 e. The van der Waals surface area contributed by atoms with Crippen molar-refractivity contribution < 1.29 is 37.6 Å². The summed E-state index contributed by atoms with van der Waals surface area (Å²) in [6.07, 6.45) is -8.50. The number of aliphatic hydroxyl groups is 3. The van der Waals surface area contributed by atoms with Gasteiger partial charge in [0.05, 0.1) is 12.6 Å². The highest BCUT2D eigenvalue weighted by Crippen LogP contribution is 2.29. The number of anilines is 1. The molecule has 150 valence electrons. The molecule has 0 aliphatic carbocycles. The monoisotopic (exact) mass is 391 g/mol. The summed E-state index contributed by atoms with van der Waals surface area (Å²) in [7, 11) is 1.27. The van der Waals surface area contributed by atoms with E-state index in [1.54, 1.807) is 6.92 Å². The van der Waals surface area contributed by atoms with Crippen LogP contribution in [0.15, 0.2) is 33.5 Å². The Morgan fingerprint density at radius 3 is 2.44 bits per heavy atom. The zero-order chi connectivity index (χ0) is 20.4. The van der Waals surface area contributed by atoms with E-state index in [0.29, 0.717) is 11.8 Å². The molecule has 1 heterocycles. The molecule has 0 saturated heterocycles. The zero-order valence-electron chi connectivity index (χ0n) is 14.5. The van der Waals surface area contributed by atoms with Crippen LogP contribution in [0.2, 0.25) is 0 Å². The first kappa shape index (κ1) is 21.2. The van der Waals surface area contributed by atoms with Crippen molar-refractivity contribution in [3.05, 3.63) is 40.2 Å². The van der Waals surface area contributed by atoms with E-state index in [4.69, 9.17) is 14.3 Å². The molecule has 0 aliphatic heterocycles. The lowest BCUT2D eigenvalue weighted by Crippen LogP contribution is -2.48. The smallest absolute Gasteiger partial charge is 0.422 e. The van der Waals surface area contributed by atoms with Crippen molar-refractivity contribution in [3.63, 3.8) is 0 Å². The van der Waals surface area contributed by atoms with Crippen LogP contribution in [0.3, 0.4) is 0 Å². The second-order valence-electron chi connectivity index (χ2n) is 6.07. The minimum atomic E-state index is -4.81. The van der Waals surface area contributed by atoms with Crippen molar-refractivity contribution in [3.8, 4) is 0 Å². The number of benzene rings is 1. The zero-order valence-corrected chi connectivity index (χ0v) is 14.5. The van der Waals surface area contributed by atoms with Crippen LogP contribution in [0.25, 0.3) is 11.0 Å². The lowest BCUT2D eigenvalue weighted by molar-refractivity contribution is -0.139. The highest BCUT2D eigenvalue weighted by molar-refractivity contribution is 5.81. The molecule has 1 aromatic carbocycles. The maximum Gasteiger partial charge on any atom is 0.423 e. The summed E-state index contributed by atoms with van der Waals surface area (Å²) in [5.41, 5.74) is -2.61. The molecule has 4 N–H and O–H groups in total. The van der Waals surface area contributed by atoms with Crippen LogP contribution in [0.4, 0.5) is 18.9 Å². The number of alkyl halides is 3. The van der Waals surface area contributed by atoms with Gasteiger partial charge in [-0.3, -0.25) is 0 Å². The van der Waals surface area contributed by atoms with Crippen molar-refractivity contribution >= 4 is 16.7 Å². The summed E-state index contributed by atoms with van der Waals surface area (Å²) in [6, 6.07) is 4.07. The van der Waals surface area contributed by atoms with Crippen LogP contribution < -0.4 is 10.9 Å². The number of hydrogen-bond donors (Lipinski definition) is 4. The predicted octanol–water partition coefficient (Wildman–Crippen LogP) is 1.34. The van der Waals surface area contributed by atoms with Gasteiger partial charge in [0, 0.05) is 24.2 Å². The Balaban J connectivity index is 2.23. The lowest BCUT2D eigenvalue weighted by atomic mass is 10.0. The summed E-state index contributed by atoms with van der Waals surface area (Å²) in [5.74, 6) is 0. The minimum absolute atomic E-state index is 0.0645. The van der Waals surface area contributed by atoms with Crippen LogP contribution in [0.5, 0.6) is 0 Å². The summed E-state index contributed by atoms with van der Waals surface area (Å²) >= 11 is 0. The molecule has 2 rings (SSSR count). The normalized spacial score (nSPS) is 16.7. The van der Waals surface area contributed by atoms with Gasteiger partial charge >= 0.3 is 11.8 Å². The Labute approximate surface area is 152 Å². The number of aliphatic hydroxyl groups excluding tert-OH is 3. The molecule has 0 fully saturated rings. The first-order valence-corrected chi connectivity index (χ1v) is 8.00. The third kappa shape index (κ3) is 4.78. The second-order valence-corrected chi connectivity index (χ2v) is 6.07. The lowest BCUT2D eigenvalue weighted by Gasteiger charge is -2.29. The Hall–Kier alpha value is -2.14. The van der Waals surface area contributed by atoms with Gasteiger partial charge in [0.25, 0.3) is 0 Å². The number of rotatable bonds is 7. The molecule has 0 bridgehead atoms. The third-order valence-electron chi connectivity index (χ3n) is 4.16. The van der Waals surface area contributed by atoms with Gasteiger partial charge in [0.1, 0.15) is 29.5 Å². The number of ether oxygens (including phenoxy) is 1. The van der Waals surface area contributed by atoms with Crippen LogP contribution >= 0.6 is 0 Å². The Bertz CT molecular complexity index is 834. The van der Waals surface area contributed by atoms with Crippen molar-refractivity contribution in [1.29, 1.82) is 0 Å². The number of fused-ring (bicyclic) bond motifs is 1. The average Bonchev–Trinajstić information content (AvgIpc) is 2.60. The number of methoxy groups -OCH3 is 1. The molecule has 0 aliphatic rings. The molecular weight excluding hydrogens is 371 g/mol. The molecule has 0 radical (unpaired) electrons. The fraction of sp³-hybridized carbons (Fsp3) is 0.471. The topological polar surface area (TPSA) is 112 Å². The van der Waals surface area contributed by atoms with Gasteiger partial charge in [-0.25, -0.2) is 4.79 Å². The Kier molecular flexibility index (Phi) is 6.47. The molecule has 7 nitrogen and oxygen atoms in total. The van der Waals surface area contributed by atoms with Gasteiger partial charge in [0.2, 0.25) is 0 Å². The molecule has 27 heavy (non-hydrogen) atoms. The first-order valence-electron chi connectivity index (χ1n) is 8.00. The van der Waals surface area contributed by atoms with Gasteiger partial charge < -0.3 is 29.8 Å². The van der Waals surface area contributed by atoms with Gasteiger partial charge in [-0.1, -0.05) is 0 Å². The third-order valence-corrected chi connectivity index (χ3v) is 4.16. The van der Waals surface area contributed by atoms with Crippen LogP contribution in [0.1, 0.15) is 12.5 Å². The Morgan fingerprint density at radius 2 is 1.89 bits per heavy atom. The predicted molar refractivity (Wildman–Crippen MR) is 90.5 cm³/mol. The van der Waals surface area contributed by atoms with E-state index in [0.717, 1.165) is 0 Å². The van der Waals surface area contributed by atoms with Gasteiger partial charge in [-0.15, -0.1) is 0 Å². The first-order chi connectivity index (χ1) is 12.6. The van der Waals surface area contributed by atoms with Crippen molar-refractivity contribution in [2.75, 3.05) is 19.0 Å². The highest BCUT2D eigenvalue weighted by Gasteiger charge is 2.35. The molecule has 0 spiro atoms. The van der Waals surface area contributed by atoms with E-state index in [9.17, 15) is 28.2 Å². The summed E-state index contributed by atoms with van der Waals surface area (Å²) < 4.78 is 47.9. The molecule has 0 saturated carbocycles. The number of hydrogen-bond acceptors (Lipinski definition) is 7. The van der Waals surface area contributed by atoms with Gasteiger partial charge in [0.15, 0.2) is 0 Å². The second kappa shape index (κ2) is 8.26. The van der Waals surface area contributed by atoms with E-state index in [-0.39, 0.29) is 11.0 Å². The van der Waals surface area contributed by atoms with E-state index in [1.165, 1.54) is 25.3 Å². The van der Waals surface area contributed by atoms with Crippen LogP contribution in [0, 0.1) is 0 Å². The quantitative estimate of drug-likeness (QED) is 0.527. The molecule has 2 aromatic rings. The van der Waals surface area contributed by atoms with Crippen molar-refractivity contribution in [1.82, 2.24) is 0 Å². The molecule has 10 heteroatoms. The largest absolute Gasteiger partial charge is 0.423 e. The van der Waals surface area contributed by atoms with Crippen molar-refractivity contribution in [2.24, 2.45) is 0 Å². The van der Waals surface area contributed by atoms with E-state index < -0.39 is 48.3 Å². The molecular formula is C17H20F3NO6. The maximum absolute atomic E-state index is 12.8. The van der Waals surface area contributed by atoms with E-state index >= 15 is 0 Å². The number of halogens is 3. The van der Waals surface area contributed by atoms with E-state index in [1.807, 2.05) is 0 Å². The summed E-state index contributed by atoms with van der Waals surface area (Å²) in [6.45, 7) is 1.05. The number of nitrogens with one attached hydrogen (secondary N) is 1. The van der Waals surface area contributed by atoms with Crippen molar-refractivity contribution in [2.45, 2.75) is 37.5 Å². The fourth-order valence-corrected chi connectivity index (χ4v) is 2.58. The fourth-order valence-electron chi connectivity index (χ4n) is 2.58. The molecule has 3 unspecified atom stereocenters. The molecule has 4 atom stereocenters. The average molecular weight is 391 g/mol. The Morgan fingerprint density at radius 1 is 1.22 bits per heavy atom. The summed E-state index contributed by atoms with van der Waals surface area (Å²) in [5, 5.41) is 32.2. The van der Waals surface area contributed by atoms with Crippen LogP contribution in [-0.2, 0) is 10.9 Å². The van der Waals surface area contributed by atoms with E-state index in [2.05, 4.69) is 5.32 Å². The molecule has 0 amide bonds. The van der Waals surface area contributed by atoms with Gasteiger partial charge in [-0.05, 0) is 25.1 Å². The SMILES string of the molecule is COC(CO)C(O)C(O)[C@@H](C)Nc1ccc2cc(C(F)(F)F)c(=O)oc2c1. The highest BCUT2D eigenvalue weighted by atomic mass is 19.4. The summed E-state index contributed by atoms with van der Waals surface area (Å²) in [4.78, 5) is 11.5. The van der Waals surface area contributed by atoms with Gasteiger partial charge in [-0.2, -0.15) is 13.2 Å². The standard InChI is InChI=1S/C17H20F3NO6/c1-8(14(23)15(24)13(7-22)26-2)21-10-4-3-9-5-11(17(18,19)20)16(25)27-12(9)6-10/h3-6,8,13-15,21-24H,7H2,1-2H3/t8-,13?,14?,15?/m1/s1. The maximum atomic E-state index is 12.8. The van der Waals surface area contributed by atoms with Crippen LogP contribution in [-0.4, -0.2) is 53.4 Å².